The Labute approximate surface area is 72.1 Å². The van der Waals surface area contributed by atoms with Gasteiger partial charge in [0.1, 0.15) is 6.04 Å². The van der Waals surface area contributed by atoms with Crippen LogP contribution in [0, 0.1) is 0 Å². The molecule has 0 spiro atoms. The molecule has 0 aromatic rings. The quantitative estimate of drug-likeness (QED) is 0.549. The van der Waals surface area contributed by atoms with Crippen LogP contribution in [0.2, 0.25) is 0 Å². The second-order valence-corrected chi connectivity index (χ2v) is 3.21. The zero-order valence-electron chi connectivity index (χ0n) is 7.49. The lowest BCUT2D eigenvalue weighted by atomic mass is 10.0. The fourth-order valence-electron chi connectivity index (χ4n) is 1.56. The number of aliphatic hydroxyl groups is 1. The zero-order valence-corrected chi connectivity index (χ0v) is 7.49. The smallest absolute Gasteiger partial charge is 0.323 e. The van der Waals surface area contributed by atoms with Crippen molar-refractivity contribution in [1.82, 2.24) is 4.90 Å². The third-order valence-corrected chi connectivity index (χ3v) is 2.28. The van der Waals surface area contributed by atoms with Gasteiger partial charge in [-0.25, -0.2) is 0 Å². The maximum atomic E-state index is 11.1. The molecule has 0 aromatic heterocycles. The summed E-state index contributed by atoms with van der Waals surface area (Å²) in [5.74, 6) is -0.204. The fourth-order valence-corrected chi connectivity index (χ4v) is 1.56. The van der Waals surface area contributed by atoms with Crippen LogP contribution in [0.15, 0.2) is 0 Å². The first-order chi connectivity index (χ1) is 5.65. The summed E-state index contributed by atoms with van der Waals surface area (Å²) in [4.78, 5) is 13.0. The Bertz CT molecular complexity index is 172. The van der Waals surface area contributed by atoms with Gasteiger partial charge < -0.3 is 9.84 Å². The van der Waals surface area contributed by atoms with E-state index in [0.717, 1.165) is 0 Å². The lowest BCUT2D eigenvalue weighted by molar-refractivity contribution is -0.148. The number of hydrogen-bond donors (Lipinski definition) is 1. The number of carbonyl (C=O) groups excluding carboxylic acids is 1. The number of nitrogens with zero attached hydrogens (tertiary/aromatic N) is 1. The second kappa shape index (κ2) is 3.87. The Morgan fingerprint density at radius 1 is 1.58 bits per heavy atom. The van der Waals surface area contributed by atoms with Crippen LogP contribution in [0.3, 0.4) is 0 Å². The van der Waals surface area contributed by atoms with E-state index < -0.39 is 0 Å². The molecular formula is C8H15NO3. The largest absolute Gasteiger partial charge is 0.468 e. The molecule has 70 valence electrons. The van der Waals surface area contributed by atoms with Gasteiger partial charge in [0.2, 0.25) is 0 Å². The maximum Gasteiger partial charge on any atom is 0.323 e. The number of β-amino-alcohol motifs (C(OH)–C–C–N with tert-alkyl or cyclic N) is 1. The van der Waals surface area contributed by atoms with Crippen LogP contribution in [0.4, 0.5) is 0 Å². The van der Waals surface area contributed by atoms with E-state index in [1.54, 1.807) is 0 Å². The second-order valence-electron chi connectivity index (χ2n) is 3.21. The highest BCUT2D eigenvalue weighted by atomic mass is 16.5. The highest BCUT2D eigenvalue weighted by molar-refractivity contribution is 5.75. The number of likely N-dealkylation sites (N-methyl/N-ethyl adjacent to an activating group) is 1. The predicted octanol–water partition coefficient (Wildman–Crippen LogP) is -0.386. The number of esters is 1. The summed E-state index contributed by atoms with van der Waals surface area (Å²) in [5, 5.41) is 9.26. The van der Waals surface area contributed by atoms with Crippen molar-refractivity contribution in [1.29, 1.82) is 0 Å². The van der Waals surface area contributed by atoms with Crippen molar-refractivity contribution in [2.75, 3.05) is 20.7 Å². The average molecular weight is 173 g/mol. The van der Waals surface area contributed by atoms with Crippen molar-refractivity contribution >= 4 is 5.97 Å². The third kappa shape index (κ3) is 1.95. The van der Waals surface area contributed by atoms with Gasteiger partial charge in [-0.15, -0.1) is 0 Å². The van der Waals surface area contributed by atoms with E-state index in [2.05, 4.69) is 4.74 Å². The van der Waals surface area contributed by atoms with Gasteiger partial charge in [-0.2, -0.15) is 0 Å². The summed E-state index contributed by atoms with van der Waals surface area (Å²) in [5.41, 5.74) is 0. The molecule has 0 aromatic carbocycles. The molecule has 2 atom stereocenters. The highest BCUT2D eigenvalue weighted by Crippen LogP contribution is 2.16. The summed E-state index contributed by atoms with van der Waals surface area (Å²) in [6, 6.07) is -0.168. The first-order valence-corrected chi connectivity index (χ1v) is 4.11. The van der Waals surface area contributed by atoms with Crippen molar-refractivity contribution in [3.8, 4) is 0 Å². The lowest BCUT2D eigenvalue weighted by Crippen LogP contribution is -2.47. The highest BCUT2D eigenvalue weighted by Gasteiger charge is 2.30. The van der Waals surface area contributed by atoms with Gasteiger partial charge in [-0.3, -0.25) is 9.69 Å². The number of aliphatic hydroxyl groups excluding tert-OH is 1. The minimum atomic E-state index is -0.295. The molecule has 0 radical (unpaired) electrons. The summed E-state index contributed by atoms with van der Waals surface area (Å²) in [7, 11) is 3.21. The number of rotatable bonds is 1. The molecule has 4 nitrogen and oxygen atoms in total. The molecule has 1 fully saturated rings. The monoisotopic (exact) mass is 173 g/mol. The summed E-state index contributed by atoms with van der Waals surface area (Å²) in [6.07, 6.45) is 1.07. The molecule has 1 saturated heterocycles. The van der Waals surface area contributed by atoms with Crippen LogP contribution in [0.1, 0.15) is 12.8 Å². The Morgan fingerprint density at radius 3 is 2.75 bits per heavy atom. The maximum absolute atomic E-state index is 11.1. The lowest BCUT2D eigenvalue weighted by Gasteiger charge is -2.32. The molecule has 1 heterocycles. The number of carbonyl (C=O) groups is 1. The molecule has 0 amide bonds. The SMILES string of the molecule is COC(=O)[C@@H]1CC[C@H](O)CN1C. The van der Waals surface area contributed by atoms with Gasteiger partial charge in [0.25, 0.3) is 0 Å². The molecule has 1 N–H and O–H groups in total. The van der Waals surface area contributed by atoms with Crippen molar-refractivity contribution in [2.45, 2.75) is 25.0 Å². The fraction of sp³-hybridized carbons (Fsp3) is 0.875. The van der Waals surface area contributed by atoms with Crippen molar-refractivity contribution < 1.29 is 14.6 Å². The minimum absolute atomic E-state index is 0.168. The predicted molar refractivity (Wildman–Crippen MR) is 43.7 cm³/mol. The molecule has 0 bridgehead atoms. The van der Waals surface area contributed by atoms with E-state index in [-0.39, 0.29) is 18.1 Å². The van der Waals surface area contributed by atoms with Gasteiger partial charge in [0, 0.05) is 6.54 Å². The molecule has 1 aliphatic heterocycles. The van der Waals surface area contributed by atoms with Gasteiger partial charge in [-0.05, 0) is 19.9 Å². The molecule has 1 rings (SSSR count). The van der Waals surface area contributed by atoms with Gasteiger partial charge >= 0.3 is 5.97 Å². The van der Waals surface area contributed by atoms with Crippen molar-refractivity contribution in [3.05, 3.63) is 0 Å². The first kappa shape index (κ1) is 9.48. The van der Waals surface area contributed by atoms with Gasteiger partial charge in [-0.1, -0.05) is 0 Å². The summed E-state index contributed by atoms with van der Waals surface area (Å²) >= 11 is 0. The number of hydrogen-bond acceptors (Lipinski definition) is 4. The van der Waals surface area contributed by atoms with E-state index in [4.69, 9.17) is 0 Å². The van der Waals surface area contributed by atoms with E-state index in [1.165, 1.54) is 7.11 Å². The Kier molecular flexibility index (Phi) is 3.05. The molecule has 12 heavy (non-hydrogen) atoms. The van der Waals surface area contributed by atoms with Gasteiger partial charge in [0.05, 0.1) is 13.2 Å². The topological polar surface area (TPSA) is 49.8 Å². The Hall–Kier alpha value is -0.610. The van der Waals surface area contributed by atoms with Gasteiger partial charge in [0.15, 0.2) is 0 Å². The number of likely N-dealkylation sites (tertiary alicyclic amines) is 1. The number of methoxy groups -OCH3 is 1. The standard InChI is InChI=1S/C8H15NO3/c1-9-5-6(10)3-4-7(9)8(11)12-2/h6-7,10H,3-5H2,1-2H3/t6-,7-/m0/s1. The van der Waals surface area contributed by atoms with Crippen LogP contribution >= 0.6 is 0 Å². The van der Waals surface area contributed by atoms with E-state index in [0.29, 0.717) is 19.4 Å². The zero-order chi connectivity index (χ0) is 9.14. The molecular weight excluding hydrogens is 158 g/mol. The van der Waals surface area contributed by atoms with Crippen LogP contribution in [-0.2, 0) is 9.53 Å². The number of ether oxygens (including phenoxy) is 1. The average Bonchev–Trinajstić information content (AvgIpc) is 2.03. The minimum Gasteiger partial charge on any atom is -0.468 e. The molecule has 0 aliphatic carbocycles. The third-order valence-electron chi connectivity index (χ3n) is 2.28. The normalized spacial score (nSPS) is 31.6. The summed E-state index contributed by atoms with van der Waals surface area (Å²) < 4.78 is 4.63. The Balaban J connectivity index is 2.50. The van der Waals surface area contributed by atoms with E-state index >= 15 is 0 Å². The molecule has 0 saturated carbocycles. The molecule has 1 aliphatic rings. The molecule has 0 unspecified atom stereocenters. The molecule has 4 heteroatoms. The van der Waals surface area contributed by atoms with E-state index in [9.17, 15) is 9.90 Å². The Morgan fingerprint density at radius 2 is 2.25 bits per heavy atom. The van der Waals surface area contributed by atoms with Crippen LogP contribution in [-0.4, -0.2) is 48.8 Å². The van der Waals surface area contributed by atoms with Crippen molar-refractivity contribution in [3.63, 3.8) is 0 Å². The van der Waals surface area contributed by atoms with Crippen LogP contribution in [0.5, 0.6) is 0 Å². The summed E-state index contributed by atoms with van der Waals surface area (Å²) in [6.45, 7) is 0.555. The van der Waals surface area contributed by atoms with Crippen molar-refractivity contribution in [2.24, 2.45) is 0 Å². The van der Waals surface area contributed by atoms with Crippen LogP contribution < -0.4 is 0 Å². The van der Waals surface area contributed by atoms with E-state index in [1.807, 2.05) is 11.9 Å². The first-order valence-electron chi connectivity index (χ1n) is 4.11. The number of piperidine rings is 1. The van der Waals surface area contributed by atoms with Crippen LogP contribution in [0.25, 0.3) is 0 Å².